The van der Waals surface area contributed by atoms with Gasteiger partial charge in [0.05, 0.1) is 19.1 Å². The summed E-state index contributed by atoms with van der Waals surface area (Å²) in [5.41, 5.74) is 0.931. The quantitative estimate of drug-likeness (QED) is 0.436. The number of rotatable bonds is 9. The molecule has 0 bridgehead atoms. The SMILES string of the molecule is CCOC(=O)C1C2CN(c3cc(C(=O)N[C@H](C(=O)N4CCN(C(=O)OCC)CC4)C(C)C)nc(-c4ccccc4)n3)CC21. The van der Waals surface area contributed by atoms with Crippen LogP contribution in [0, 0.1) is 23.7 Å². The van der Waals surface area contributed by atoms with Crippen molar-refractivity contribution >= 4 is 29.7 Å². The van der Waals surface area contributed by atoms with Crippen LogP contribution < -0.4 is 10.2 Å². The van der Waals surface area contributed by atoms with Crippen LogP contribution in [0.4, 0.5) is 10.6 Å². The van der Waals surface area contributed by atoms with E-state index in [1.807, 2.05) is 51.1 Å². The van der Waals surface area contributed by atoms with E-state index in [9.17, 15) is 19.2 Å². The highest BCUT2D eigenvalue weighted by Crippen LogP contribution is 2.53. The first kappa shape index (κ1) is 30.2. The molecule has 2 unspecified atom stereocenters. The molecule has 3 heterocycles. The number of fused-ring (bicyclic) bond motifs is 1. The number of esters is 1. The van der Waals surface area contributed by atoms with Gasteiger partial charge in [-0.1, -0.05) is 44.2 Å². The number of anilines is 1. The fourth-order valence-electron chi connectivity index (χ4n) is 5.98. The van der Waals surface area contributed by atoms with Crippen LogP contribution in [0.1, 0.15) is 38.2 Å². The Morgan fingerprint density at radius 3 is 2.14 bits per heavy atom. The maximum Gasteiger partial charge on any atom is 0.409 e. The first-order chi connectivity index (χ1) is 20.7. The molecule has 2 saturated heterocycles. The van der Waals surface area contributed by atoms with Gasteiger partial charge in [-0.15, -0.1) is 0 Å². The monoisotopic (exact) mass is 592 g/mol. The normalized spacial score (nSPS) is 21.7. The van der Waals surface area contributed by atoms with E-state index in [1.54, 1.807) is 22.8 Å². The lowest BCUT2D eigenvalue weighted by Gasteiger charge is -2.36. The van der Waals surface area contributed by atoms with Crippen molar-refractivity contribution in [2.75, 3.05) is 57.4 Å². The maximum absolute atomic E-state index is 13.7. The Labute approximate surface area is 251 Å². The summed E-state index contributed by atoms with van der Waals surface area (Å²) in [6, 6.07) is 10.3. The topological polar surface area (TPSA) is 134 Å². The molecule has 3 atom stereocenters. The van der Waals surface area contributed by atoms with E-state index in [0.29, 0.717) is 64.1 Å². The van der Waals surface area contributed by atoms with Crippen molar-refractivity contribution in [3.05, 3.63) is 42.1 Å². The standard InChI is InChI=1S/C31H40N6O6/c1-5-42-30(40)25-21-17-37(18-22(21)25)24-16-23(32-27(33-24)20-10-8-7-9-11-20)28(38)34-26(19(3)4)29(39)35-12-14-36(15-13-35)31(41)43-6-2/h7-11,16,19,21-22,25-26H,5-6,12-15,17-18H2,1-4H3,(H,34,38)/t21?,22?,25?,26-/m0/s1. The molecule has 3 amide bonds. The zero-order chi connectivity index (χ0) is 30.7. The van der Waals surface area contributed by atoms with Crippen LogP contribution in [0.3, 0.4) is 0 Å². The lowest BCUT2D eigenvalue weighted by atomic mass is 10.0. The molecule has 2 aromatic rings. The lowest BCUT2D eigenvalue weighted by Crippen LogP contribution is -2.57. The minimum Gasteiger partial charge on any atom is -0.466 e. The second kappa shape index (κ2) is 13.0. The number of nitrogens with zero attached hydrogens (tertiary/aromatic N) is 5. The third-order valence-electron chi connectivity index (χ3n) is 8.39. The van der Waals surface area contributed by atoms with Gasteiger partial charge in [0.2, 0.25) is 5.91 Å². The van der Waals surface area contributed by atoms with Gasteiger partial charge in [-0.2, -0.15) is 0 Å². The zero-order valence-corrected chi connectivity index (χ0v) is 25.2. The molecule has 2 aliphatic heterocycles. The van der Waals surface area contributed by atoms with Crippen LogP contribution in [-0.4, -0.2) is 102 Å². The predicted octanol–water partition coefficient (Wildman–Crippen LogP) is 2.44. The van der Waals surface area contributed by atoms with Gasteiger partial charge in [0.15, 0.2) is 5.82 Å². The molecule has 12 heteroatoms. The third-order valence-corrected chi connectivity index (χ3v) is 8.39. The summed E-state index contributed by atoms with van der Waals surface area (Å²) < 4.78 is 10.3. The summed E-state index contributed by atoms with van der Waals surface area (Å²) in [7, 11) is 0. The number of nitrogens with one attached hydrogen (secondary N) is 1. The number of ether oxygens (including phenoxy) is 2. The van der Waals surface area contributed by atoms with E-state index in [0.717, 1.165) is 5.56 Å². The Bertz CT molecular complexity index is 1330. The molecular weight excluding hydrogens is 552 g/mol. The van der Waals surface area contributed by atoms with Crippen LogP contribution in [0.25, 0.3) is 11.4 Å². The molecule has 1 aliphatic carbocycles. The number of amides is 3. The average Bonchev–Trinajstić information content (AvgIpc) is 3.52. The van der Waals surface area contributed by atoms with Crippen LogP contribution in [-0.2, 0) is 19.1 Å². The summed E-state index contributed by atoms with van der Waals surface area (Å²) in [5.74, 6) is 0.366. The fourth-order valence-corrected chi connectivity index (χ4v) is 5.98. The Kier molecular flexibility index (Phi) is 9.12. The minimum atomic E-state index is -0.773. The number of hydrogen-bond acceptors (Lipinski definition) is 9. The summed E-state index contributed by atoms with van der Waals surface area (Å²) in [6.07, 6.45) is -0.385. The minimum absolute atomic E-state index is 0.0774. The molecule has 1 saturated carbocycles. The molecule has 0 radical (unpaired) electrons. The lowest BCUT2D eigenvalue weighted by molar-refractivity contribution is -0.145. The second-order valence-corrected chi connectivity index (χ2v) is 11.5. The smallest absolute Gasteiger partial charge is 0.409 e. The molecule has 3 aliphatic rings. The highest BCUT2D eigenvalue weighted by molar-refractivity contribution is 5.97. The number of piperidine rings is 1. The van der Waals surface area contributed by atoms with Crippen molar-refractivity contribution < 1.29 is 28.7 Å². The predicted molar refractivity (Wildman–Crippen MR) is 158 cm³/mol. The van der Waals surface area contributed by atoms with E-state index < -0.39 is 11.9 Å². The highest BCUT2D eigenvalue weighted by atomic mass is 16.6. The summed E-state index contributed by atoms with van der Waals surface area (Å²) >= 11 is 0. The van der Waals surface area contributed by atoms with E-state index in [1.165, 1.54) is 0 Å². The van der Waals surface area contributed by atoms with Crippen LogP contribution >= 0.6 is 0 Å². The highest BCUT2D eigenvalue weighted by Gasteiger charge is 2.60. The van der Waals surface area contributed by atoms with E-state index >= 15 is 0 Å². The first-order valence-corrected chi connectivity index (χ1v) is 15.1. The van der Waals surface area contributed by atoms with Crippen molar-refractivity contribution in [3.8, 4) is 11.4 Å². The number of piperazine rings is 1. The number of carbonyl (C=O) groups is 4. The van der Waals surface area contributed by atoms with Gasteiger partial charge in [-0.3, -0.25) is 14.4 Å². The molecule has 1 N–H and O–H groups in total. The van der Waals surface area contributed by atoms with Gasteiger partial charge >= 0.3 is 12.1 Å². The Morgan fingerprint density at radius 2 is 1.53 bits per heavy atom. The van der Waals surface area contributed by atoms with Gasteiger partial charge < -0.3 is 29.5 Å². The largest absolute Gasteiger partial charge is 0.466 e. The van der Waals surface area contributed by atoms with Gasteiger partial charge in [-0.05, 0) is 31.6 Å². The molecule has 12 nitrogen and oxygen atoms in total. The van der Waals surface area contributed by atoms with Crippen molar-refractivity contribution in [1.29, 1.82) is 0 Å². The zero-order valence-electron chi connectivity index (χ0n) is 25.2. The Hall–Kier alpha value is -4.22. The van der Waals surface area contributed by atoms with Crippen molar-refractivity contribution in [2.24, 2.45) is 23.7 Å². The van der Waals surface area contributed by atoms with E-state index in [4.69, 9.17) is 14.5 Å². The number of aromatic nitrogens is 2. The van der Waals surface area contributed by atoms with Gasteiger partial charge in [0.1, 0.15) is 17.6 Å². The van der Waals surface area contributed by atoms with Crippen LogP contribution in [0.5, 0.6) is 0 Å². The number of hydrogen-bond donors (Lipinski definition) is 1. The van der Waals surface area contributed by atoms with Crippen molar-refractivity contribution in [1.82, 2.24) is 25.1 Å². The average molecular weight is 593 g/mol. The molecule has 230 valence electrons. The molecule has 0 spiro atoms. The van der Waals surface area contributed by atoms with Crippen molar-refractivity contribution in [2.45, 2.75) is 33.7 Å². The molecule has 5 rings (SSSR count). The van der Waals surface area contributed by atoms with E-state index in [-0.39, 0.29) is 47.3 Å². The van der Waals surface area contributed by atoms with Crippen LogP contribution in [0.15, 0.2) is 36.4 Å². The fraction of sp³-hybridized carbons (Fsp3) is 0.548. The Balaban J connectivity index is 1.32. The molecule has 1 aromatic heterocycles. The van der Waals surface area contributed by atoms with Crippen LogP contribution in [0.2, 0.25) is 0 Å². The van der Waals surface area contributed by atoms with E-state index in [2.05, 4.69) is 15.2 Å². The summed E-state index contributed by atoms with van der Waals surface area (Å²) in [4.78, 5) is 66.3. The first-order valence-electron chi connectivity index (χ1n) is 15.1. The summed E-state index contributed by atoms with van der Waals surface area (Å²) in [6.45, 7) is 10.7. The Morgan fingerprint density at radius 1 is 0.907 bits per heavy atom. The van der Waals surface area contributed by atoms with Gasteiger partial charge in [0, 0.05) is 50.9 Å². The third kappa shape index (κ3) is 6.57. The maximum atomic E-state index is 13.7. The molecule has 1 aromatic carbocycles. The molecule has 43 heavy (non-hydrogen) atoms. The molecular formula is C31H40N6O6. The number of carbonyl (C=O) groups excluding carboxylic acids is 4. The number of benzene rings is 1. The molecule has 3 fully saturated rings. The van der Waals surface area contributed by atoms with Gasteiger partial charge in [-0.25, -0.2) is 14.8 Å². The van der Waals surface area contributed by atoms with Gasteiger partial charge in [0.25, 0.3) is 5.91 Å². The summed E-state index contributed by atoms with van der Waals surface area (Å²) in [5, 5.41) is 2.93. The van der Waals surface area contributed by atoms with Crippen molar-refractivity contribution in [3.63, 3.8) is 0 Å². The second-order valence-electron chi connectivity index (χ2n) is 11.5.